The van der Waals surface area contributed by atoms with E-state index >= 15 is 0 Å². The topological polar surface area (TPSA) is 92.3 Å². The number of amides is 4. The Bertz CT molecular complexity index is 1140. The van der Waals surface area contributed by atoms with Crippen molar-refractivity contribution in [3.8, 4) is 0 Å². The van der Waals surface area contributed by atoms with Crippen molar-refractivity contribution in [1.29, 1.82) is 0 Å². The summed E-state index contributed by atoms with van der Waals surface area (Å²) in [4.78, 5) is 50.2. The van der Waals surface area contributed by atoms with Crippen LogP contribution in [0, 0.1) is 47.3 Å². The third kappa shape index (κ3) is 1.81. The molecule has 150 valence electrons. The highest BCUT2D eigenvalue weighted by Crippen LogP contribution is 2.63. The molecule has 5 aliphatic carbocycles. The molecule has 4 fully saturated rings. The number of piperidine rings is 2. The third-order valence-corrected chi connectivity index (χ3v) is 8.61. The van der Waals surface area contributed by atoms with Gasteiger partial charge in [0.25, 0.3) is 11.8 Å². The van der Waals surface area contributed by atoms with Gasteiger partial charge in [0.2, 0.25) is 11.8 Å². The van der Waals surface area contributed by atoms with E-state index in [4.69, 9.17) is 0 Å². The number of carbonyl (C=O) groups is 4. The van der Waals surface area contributed by atoms with Gasteiger partial charge in [-0.15, -0.1) is 0 Å². The zero-order valence-electron chi connectivity index (χ0n) is 16.1. The van der Waals surface area contributed by atoms with Gasteiger partial charge in [0.15, 0.2) is 0 Å². The van der Waals surface area contributed by atoms with Crippen molar-refractivity contribution < 1.29 is 19.2 Å². The van der Waals surface area contributed by atoms with Gasteiger partial charge in [0.05, 0.1) is 5.92 Å². The van der Waals surface area contributed by atoms with Gasteiger partial charge in [-0.25, -0.2) is 0 Å². The summed E-state index contributed by atoms with van der Waals surface area (Å²) < 4.78 is 0. The SMILES string of the molecule is O=C1NC(=O)[C@H]2CCC3C4C=C[C@H]5C(=O)NC(=O)C6=CC=C(C7=CC=C1C2C73)C4C65. The summed E-state index contributed by atoms with van der Waals surface area (Å²) in [6.45, 7) is 0. The fourth-order valence-electron chi connectivity index (χ4n) is 7.58. The number of imide groups is 2. The van der Waals surface area contributed by atoms with E-state index in [1.807, 2.05) is 24.3 Å². The number of nitrogens with one attached hydrogen (secondary N) is 2. The zero-order valence-corrected chi connectivity index (χ0v) is 16.1. The van der Waals surface area contributed by atoms with Crippen molar-refractivity contribution in [2.75, 3.05) is 0 Å². The van der Waals surface area contributed by atoms with Gasteiger partial charge in [-0.1, -0.05) is 36.5 Å². The van der Waals surface area contributed by atoms with Crippen LogP contribution >= 0.6 is 0 Å². The summed E-state index contributed by atoms with van der Waals surface area (Å²) in [5, 5.41) is 5.04. The van der Waals surface area contributed by atoms with Gasteiger partial charge in [0.1, 0.15) is 0 Å². The standard InChI is InChI=1S/C24H20N2O4/c27-21-13-5-1-9-10-2-6-15-20-16(24(30)26-23(15)29)8-4-12(18(10)20)11-3-7-14(22(28)25-21)19(13)17(9)11/h1-3,5-7,11-12,14,16-20H,4,8H2,(H,25,27,28)(H,26,29,30)/t11?,12?,14-,16+,17?,18?,19?,20?/m1/s1. The fourth-order valence-corrected chi connectivity index (χ4v) is 7.58. The van der Waals surface area contributed by atoms with E-state index in [1.165, 1.54) is 11.1 Å². The van der Waals surface area contributed by atoms with Crippen LogP contribution in [0.1, 0.15) is 12.8 Å². The van der Waals surface area contributed by atoms with Crippen LogP contribution in [0.15, 0.2) is 58.7 Å². The van der Waals surface area contributed by atoms with Crippen LogP contribution in [-0.4, -0.2) is 23.6 Å². The summed E-state index contributed by atoms with van der Waals surface area (Å²) in [6, 6.07) is 0. The van der Waals surface area contributed by atoms with Crippen molar-refractivity contribution in [3.05, 3.63) is 58.7 Å². The van der Waals surface area contributed by atoms with Crippen LogP contribution in [0.25, 0.3) is 0 Å². The molecular formula is C24H20N2O4. The summed E-state index contributed by atoms with van der Waals surface area (Å²) in [5.74, 6) is -0.798. The molecule has 2 heterocycles. The quantitative estimate of drug-likeness (QED) is 0.474. The minimum atomic E-state index is -0.316. The molecule has 6 nitrogen and oxygen atoms in total. The molecule has 7 rings (SSSR count). The highest BCUT2D eigenvalue weighted by molar-refractivity contribution is 6.10. The molecule has 8 atom stereocenters. The minimum absolute atomic E-state index is 0.0698. The molecule has 2 N–H and O–H groups in total. The van der Waals surface area contributed by atoms with E-state index in [2.05, 4.69) is 22.8 Å². The molecule has 30 heavy (non-hydrogen) atoms. The normalized spacial score (nSPS) is 44.5. The molecule has 0 bridgehead atoms. The average Bonchev–Trinajstić information content (AvgIpc) is 2.74. The predicted octanol–water partition coefficient (Wildman–Crippen LogP) is 1.34. The number of fused-ring (bicyclic) bond motifs is 2. The largest absolute Gasteiger partial charge is 0.292 e. The fraction of sp³-hybridized carbons (Fsp3) is 0.417. The molecule has 0 spiro atoms. The van der Waals surface area contributed by atoms with Crippen LogP contribution in [0.3, 0.4) is 0 Å². The Morgan fingerprint density at radius 2 is 1.27 bits per heavy atom. The molecule has 2 aliphatic heterocycles. The maximum absolute atomic E-state index is 12.6. The maximum atomic E-state index is 12.6. The van der Waals surface area contributed by atoms with E-state index in [0.29, 0.717) is 11.5 Å². The average molecular weight is 400 g/mol. The molecule has 0 aromatic rings. The van der Waals surface area contributed by atoms with Gasteiger partial charge in [-0.2, -0.15) is 0 Å². The van der Waals surface area contributed by atoms with E-state index in [0.717, 1.165) is 18.4 Å². The van der Waals surface area contributed by atoms with Crippen molar-refractivity contribution in [1.82, 2.24) is 10.6 Å². The predicted molar refractivity (Wildman–Crippen MR) is 105 cm³/mol. The Hall–Kier alpha value is -3.02. The van der Waals surface area contributed by atoms with Crippen molar-refractivity contribution >= 4 is 23.6 Å². The lowest BCUT2D eigenvalue weighted by molar-refractivity contribution is -0.140. The summed E-state index contributed by atoms with van der Waals surface area (Å²) in [6.07, 6.45) is 13.7. The molecule has 0 aromatic carbocycles. The Morgan fingerprint density at radius 1 is 0.633 bits per heavy atom. The van der Waals surface area contributed by atoms with Crippen molar-refractivity contribution in [2.24, 2.45) is 47.3 Å². The molecule has 2 saturated heterocycles. The molecule has 0 radical (unpaired) electrons. The van der Waals surface area contributed by atoms with E-state index in [1.54, 1.807) is 0 Å². The monoisotopic (exact) mass is 400 g/mol. The van der Waals surface area contributed by atoms with Gasteiger partial charge in [0, 0.05) is 28.9 Å². The van der Waals surface area contributed by atoms with Crippen molar-refractivity contribution in [2.45, 2.75) is 12.8 Å². The molecular weight excluding hydrogens is 380 g/mol. The first-order valence-corrected chi connectivity index (χ1v) is 10.8. The van der Waals surface area contributed by atoms with Crippen molar-refractivity contribution in [3.63, 3.8) is 0 Å². The second kappa shape index (κ2) is 5.36. The number of hydrogen-bond donors (Lipinski definition) is 2. The molecule has 6 unspecified atom stereocenters. The van der Waals surface area contributed by atoms with Crippen LogP contribution in [-0.2, 0) is 19.2 Å². The van der Waals surface area contributed by atoms with Crippen LogP contribution < -0.4 is 10.6 Å². The van der Waals surface area contributed by atoms with E-state index in [-0.39, 0.29) is 65.1 Å². The molecule has 2 saturated carbocycles. The van der Waals surface area contributed by atoms with Gasteiger partial charge >= 0.3 is 0 Å². The Balaban J connectivity index is 1.45. The highest BCUT2D eigenvalue weighted by atomic mass is 16.2. The summed E-state index contributed by atoms with van der Waals surface area (Å²) in [5.41, 5.74) is 3.81. The highest BCUT2D eigenvalue weighted by Gasteiger charge is 2.60. The molecule has 7 aliphatic rings. The van der Waals surface area contributed by atoms with E-state index in [9.17, 15) is 19.2 Å². The minimum Gasteiger partial charge on any atom is -0.292 e. The lowest BCUT2D eigenvalue weighted by Gasteiger charge is -2.58. The zero-order chi connectivity index (χ0) is 20.3. The second-order valence-electron chi connectivity index (χ2n) is 9.56. The first-order chi connectivity index (χ1) is 14.5. The van der Waals surface area contributed by atoms with Crippen LogP contribution in [0.4, 0.5) is 0 Å². The number of allylic oxidation sites excluding steroid dienone is 7. The lowest BCUT2D eigenvalue weighted by atomic mass is 9.45. The Morgan fingerprint density at radius 3 is 2.03 bits per heavy atom. The first kappa shape index (κ1) is 16.7. The van der Waals surface area contributed by atoms with Gasteiger partial charge < -0.3 is 0 Å². The smallest absolute Gasteiger partial charge is 0.254 e. The molecule has 4 amide bonds. The number of hydrogen-bond acceptors (Lipinski definition) is 4. The Labute approximate surface area is 172 Å². The second-order valence-corrected chi connectivity index (χ2v) is 9.56. The first-order valence-electron chi connectivity index (χ1n) is 10.8. The summed E-state index contributed by atoms with van der Waals surface area (Å²) in [7, 11) is 0. The maximum Gasteiger partial charge on any atom is 0.254 e. The lowest BCUT2D eigenvalue weighted by Crippen LogP contribution is -2.59. The van der Waals surface area contributed by atoms with Crippen LogP contribution in [0.5, 0.6) is 0 Å². The summed E-state index contributed by atoms with van der Waals surface area (Å²) >= 11 is 0. The van der Waals surface area contributed by atoms with Gasteiger partial charge in [-0.05, 0) is 47.7 Å². The van der Waals surface area contributed by atoms with Gasteiger partial charge in [-0.3, -0.25) is 29.8 Å². The van der Waals surface area contributed by atoms with E-state index < -0.39 is 0 Å². The number of rotatable bonds is 0. The number of carbonyl (C=O) groups excluding carboxylic acids is 4. The molecule has 6 heteroatoms. The molecule has 0 aromatic heterocycles. The third-order valence-electron chi connectivity index (χ3n) is 8.61. The Kier molecular flexibility index (Phi) is 2.99. The van der Waals surface area contributed by atoms with Crippen LogP contribution in [0.2, 0.25) is 0 Å².